The number of carbonyl (C=O) groups excluding carboxylic acids is 9. The SMILES string of the molecule is CCC(C)CC(C)CCCCCCCCC(=O)N[C@H]1C[C@H](O)[C@H](O)NC(=O)[C@@H]2[C@@H](O)CCN2C(=O)[C@H]([C@H](O)CC(N)=O)NC(=O)[C@H]([C@H](O)[C@@H](O)c2ccc(OC(=O)CC[NH3+])cc2)NC(=O)[C@@H]2C[C@@H](O)CN2C(=O)[C@H]([C@H](C)O)NC1=O.[Cl-]. The number of nitrogens with two attached hydrogens (primary N) is 1. The molecule has 4 rings (SSSR count). The maximum Gasteiger partial charge on any atom is 0.316 e. The third kappa shape index (κ3) is 20.6. The molecule has 16 atom stereocenters. The molecule has 0 bridgehead atoms. The van der Waals surface area contributed by atoms with Crippen molar-refractivity contribution >= 4 is 53.2 Å². The van der Waals surface area contributed by atoms with Gasteiger partial charge in [-0.25, -0.2) is 0 Å². The number of nitrogens with one attached hydrogen (secondary N) is 5. The van der Waals surface area contributed by atoms with Crippen molar-refractivity contribution in [1.29, 1.82) is 0 Å². The Hall–Kier alpha value is -5.62. The topological polar surface area (TPSA) is 445 Å². The number of aliphatic hydroxyl groups is 8. The number of esters is 1. The van der Waals surface area contributed by atoms with Gasteiger partial charge in [0.2, 0.25) is 47.3 Å². The van der Waals surface area contributed by atoms with Crippen LogP contribution in [0.1, 0.15) is 136 Å². The number of hydrogen-bond acceptors (Lipinski definition) is 18. The van der Waals surface area contributed by atoms with Gasteiger partial charge in [0.1, 0.15) is 60.3 Å². The van der Waals surface area contributed by atoms with Crippen molar-refractivity contribution in [3.05, 3.63) is 29.8 Å². The molecular formula is C53H86ClN9O18. The molecule has 3 saturated heterocycles. The van der Waals surface area contributed by atoms with E-state index in [1.165, 1.54) is 30.7 Å². The van der Waals surface area contributed by atoms with Crippen molar-refractivity contribution in [2.24, 2.45) is 17.6 Å². The van der Waals surface area contributed by atoms with E-state index in [2.05, 4.69) is 53.1 Å². The smallest absolute Gasteiger partial charge is 0.316 e. The summed E-state index contributed by atoms with van der Waals surface area (Å²) in [5.74, 6) is -9.05. The lowest BCUT2D eigenvalue weighted by Crippen LogP contribution is -3.00. The van der Waals surface area contributed by atoms with Crippen LogP contribution in [0.15, 0.2) is 24.3 Å². The number of carbonyl (C=O) groups is 9. The Bertz CT molecular complexity index is 2270. The van der Waals surface area contributed by atoms with Crippen LogP contribution >= 0.6 is 0 Å². The second kappa shape index (κ2) is 33.5. The van der Waals surface area contributed by atoms with Crippen LogP contribution in [0.25, 0.3) is 0 Å². The molecule has 81 heavy (non-hydrogen) atoms. The van der Waals surface area contributed by atoms with Crippen molar-refractivity contribution in [2.75, 3.05) is 19.6 Å². The number of rotatable bonds is 23. The van der Waals surface area contributed by atoms with Gasteiger partial charge in [-0.2, -0.15) is 0 Å². The summed E-state index contributed by atoms with van der Waals surface area (Å²) in [5, 5.41) is 101. The molecule has 8 amide bonds. The average Bonchev–Trinajstić information content (AvgIpc) is 4.02. The van der Waals surface area contributed by atoms with Gasteiger partial charge in [0.15, 0.2) is 6.23 Å². The Morgan fingerprint density at radius 3 is 1.96 bits per heavy atom. The number of aliphatic hydroxyl groups excluding tert-OH is 8. The third-order valence-corrected chi connectivity index (χ3v) is 14.9. The fraction of sp³-hybridized carbons (Fsp3) is 0.717. The minimum atomic E-state index is -2.40. The Labute approximate surface area is 477 Å². The molecule has 3 aliphatic rings. The van der Waals surface area contributed by atoms with Gasteiger partial charge in [-0.3, -0.25) is 43.2 Å². The second-order valence-electron chi connectivity index (χ2n) is 21.6. The first-order valence-corrected chi connectivity index (χ1v) is 27.7. The number of hydrogen-bond donors (Lipinski definition) is 15. The van der Waals surface area contributed by atoms with E-state index in [9.17, 15) is 84.0 Å². The molecule has 18 N–H and O–H groups in total. The molecule has 0 aromatic heterocycles. The fourth-order valence-electron chi connectivity index (χ4n) is 10.2. The van der Waals surface area contributed by atoms with Gasteiger partial charge in [-0.1, -0.05) is 77.8 Å². The van der Waals surface area contributed by atoms with E-state index in [4.69, 9.17) is 10.5 Å². The highest BCUT2D eigenvalue weighted by Gasteiger charge is 2.49. The van der Waals surface area contributed by atoms with E-state index in [0.29, 0.717) is 29.6 Å². The van der Waals surface area contributed by atoms with Crippen LogP contribution in [-0.4, -0.2) is 203 Å². The molecular weight excluding hydrogens is 1090 g/mol. The molecule has 0 saturated carbocycles. The van der Waals surface area contributed by atoms with Gasteiger partial charge in [-0.15, -0.1) is 0 Å². The highest BCUT2D eigenvalue weighted by molar-refractivity contribution is 5.98. The summed E-state index contributed by atoms with van der Waals surface area (Å²) in [6.07, 6.45) is -10.5. The highest BCUT2D eigenvalue weighted by Crippen LogP contribution is 2.27. The lowest BCUT2D eigenvalue weighted by molar-refractivity contribution is -0.366. The normalized spacial score (nSPS) is 27.5. The molecule has 27 nitrogen and oxygen atoms in total. The van der Waals surface area contributed by atoms with Crippen LogP contribution in [-0.2, 0) is 43.2 Å². The number of unbranched alkanes of at least 4 members (excludes halogenated alkanes) is 5. The van der Waals surface area contributed by atoms with Crippen LogP contribution in [0.3, 0.4) is 0 Å². The monoisotopic (exact) mass is 1170 g/mol. The predicted octanol–water partition coefficient (Wildman–Crippen LogP) is -7.51. The molecule has 3 heterocycles. The summed E-state index contributed by atoms with van der Waals surface area (Å²) in [6.45, 7) is 6.95. The van der Waals surface area contributed by atoms with E-state index in [1.54, 1.807) is 0 Å². The van der Waals surface area contributed by atoms with Crippen LogP contribution < -0.4 is 55.2 Å². The van der Waals surface area contributed by atoms with Crippen LogP contribution in [0.2, 0.25) is 0 Å². The first-order chi connectivity index (χ1) is 37.8. The maximum atomic E-state index is 14.5. The molecule has 28 heteroatoms. The van der Waals surface area contributed by atoms with Crippen molar-refractivity contribution in [3.63, 3.8) is 0 Å². The molecule has 0 spiro atoms. The van der Waals surface area contributed by atoms with Gasteiger partial charge in [-0.05, 0) is 55.7 Å². The van der Waals surface area contributed by atoms with Crippen molar-refractivity contribution < 1.29 is 107 Å². The minimum Gasteiger partial charge on any atom is -1.00 e. The molecule has 0 aliphatic carbocycles. The van der Waals surface area contributed by atoms with E-state index < -0.39 is 171 Å². The number of primary amides is 1. The fourth-order valence-corrected chi connectivity index (χ4v) is 10.2. The zero-order chi connectivity index (χ0) is 59.5. The van der Waals surface area contributed by atoms with Gasteiger partial charge < -0.3 is 106 Å². The summed E-state index contributed by atoms with van der Waals surface area (Å²) >= 11 is 0. The van der Waals surface area contributed by atoms with E-state index in [-0.39, 0.29) is 49.5 Å². The zero-order valence-corrected chi connectivity index (χ0v) is 47.2. The number of amides is 8. The number of quaternary nitrogens is 1. The number of benzene rings is 1. The lowest BCUT2D eigenvalue weighted by atomic mass is 9.91. The predicted molar refractivity (Wildman–Crippen MR) is 282 cm³/mol. The lowest BCUT2D eigenvalue weighted by Gasteiger charge is -2.34. The summed E-state index contributed by atoms with van der Waals surface area (Å²) in [6, 6.07) is -7.20. The number of ether oxygens (including phenoxy) is 1. The van der Waals surface area contributed by atoms with Gasteiger partial charge in [0.05, 0.1) is 43.8 Å². The number of nitrogens with zero attached hydrogens (tertiary/aromatic N) is 2. The van der Waals surface area contributed by atoms with E-state index >= 15 is 0 Å². The molecule has 0 radical (unpaired) electrons. The Morgan fingerprint density at radius 1 is 0.741 bits per heavy atom. The largest absolute Gasteiger partial charge is 1.00 e. The van der Waals surface area contributed by atoms with Crippen LogP contribution in [0.4, 0.5) is 0 Å². The van der Waals surface area contributed by atoms with Crippen molar-refractivity contribution in [3.8, 4) is 5.75 Å². The summed E-state index contributed by atoms with van der Waals surface area (Å²) < 4.78 is 5.21. The van der Waals surface area contributed by atoms with Crippen LogP contribution in [0.5, 0.6) is 5.75 Å². The number of fused-ring (bicyclic) bond motifs is 2. The van der Waals surface area contributed by atoms with Gasteiger partial charge in [0.25, 0.3) is 0 Å². The first-order valence-electron chi connectivity index (χ1n) is 27.7. The summed E-state index contributed by atoms with van der Waals surface area (Å²) in [7, 11) is 0. The van der Waals surface area contributed by atoms with Gasteiger partial charge in [0, 0.05) is 32.4 Å². The first kappa shape index (κ1) is 69.6. The Morgan fingerprint density at radius 2 is 1.35 bits per heavy atom. The molecule has 3 fully saturated rings. The summed E-state index contributed by atoms with van der Waals surface area (Å²) in [5.41, 5.74) is 8.80. The standard InChI is InChI=1S/C53H85N9O18.ClH/c1-5-27(2)22-28(3)12-10-8-6-7-9-11-13-39(69)56-33-24-37(67)49(75)60-51(77)44-35(65)19-21-61(44)53(79)42(36(66)25-38(55)68)58-50(76)43(46(72)45(71)30-14-16-32(17-15-30)80-40(70)18-20-54)59-48(74)34-23-31(64)26-62(34)52(78)41(29(4)63)57-47(33)73;/h14-17,27-29,31,33-37,41-46,49,63-67,71-72,75H,5-13,18-26,54H2,1-4H3,(H2,55,68)(H,56,69)(H,57,73)(H,58,76)(H,59,74)(H,60,77);1H/t27?,28?,29-,31+,33-,34-,35-,36+,37-,41-,42-,43-,44-,45-,46-,49-;/m0./s1. The third-order valence-electron chi connectivity index (χ3n) is 14.9. The van der Waals surface area contributed by atoms with Gasteiger partial charge >= 0.3 is 5.97 Å². The quantitative estimate of drug-likeness (QED) is 0.0275. The Kier molecular flexibility index (Phi) is 28.8. The molecule has 1 aromatic rings. The Balaban J connectivity index is 0.0000172. The zero-order valence-electron chi connectivity index (χ0n) is 46.5. The van der Waals surface area contributed by atoms with E-state index in [0.717, 1.165) is 50.3 Å². The molecule has 2 unspecified atom stereocenters. The van der Waals surface area contributed by atoms with Crippen LogP contribution in [0, 0.1) is 11.8 Å². The molecule has 458 valence electrons. The minimum absolute atomic E-state index is 0. The number of halogens is 1. The van der Waals surface area contributed by atoms with Crippen molar-refractivity contribution in [2.45, 2.75) is 209 Å². The second-order valence-corrected chi connectivity index (χ2v) is 21.6. The maximum absolute atomic E-state index is 14.5. The highest BCUT2D eigenvalue weighted by atomic mass is 35.5. The molecule has 3 aliphatic heterocycles. The molecule has 1 aromatic carbocycles. The average molecular weight is 1170 g/mol. The summed E-state index contributed by atoms with van der Waals surface area (Å²) in [4.78, 5) is 125. The van der Waals surface area contributed by atoms with E-state index in [1.807, 2.05) is 0 Å². The van der Waals surface area contributed by atoms with Crippen molar-refractivity contribution in [1.82, 2.24) is 36.4 Å².